The molecule has 10 heteroatoms. The summed E-state index contributed by atoms with van der Waals surface area (Å²) in [6.07, 6.45) is 6.91. The monoisotopic (exact) mass is 494 g/mol. The molecule has 6 aromatic rings. The van der Waals surface area contributed by atoms with Gasteiger partial charge >= 0.3 is 0 Å². The Hall–Kier alpha value is -4.86. The summed E-state index contributed by atoms with van der Waals surface area (Å²) < 4.78 is 19.4. The second-order valence-corrected chi connectivity index (χ2v) is 8.97. The molecule has 9 nitrogen and oxygen atoms in total. The number of aromatic amines is 2. The first-order valence-electron chi connectivity index (χ1n) is 11.7. The van der Waals surface area contributed by atoms with Crippen molar-refractivity contribution < 1.29 is 9.13 Å². The summed E-state index contributed by atoms with van der Waals surface area (Å²) in [6, 6.07) is 10.7. The molecule has 6 rings (SSSR count). The molecule has 3 N–H and O–H groups in total. The smallest absolute Gasteiger partial charge is 0.161 e. The van der Waals surface area contributed by atoms with Crippen LogP contribution in [0.25, 0.3) is 56.0 Å². The molecular formula is C27H23FN8O. The van der Waals surface area contributed by atoms with E-state index in [0.717, 1.165) is 22.5 Å². The van der Waals surface area contributed by atoms with Crippen LogP contribution in [0, 0.1) is 5.82 Å². The van der Waals surface area contributed by atoms with Crippen molar-refractivity contribution in [2.45, 2.75) is 19.9 Å². The van der Waals surface area contributed by atoms with Crippen LogP contribution in [0.3, 0.4) is 0 Å². The zero-order chi connectivity index (χ0) is 25.5. The van der Waals surface area contributed by atoms with Gasteiger partial charge in [0.15, 0.2) is 11.5 Å². The highest BCUT2D eigenvalue weighted by Crippen LogP contribution is 2.33. The van der Waals surface area contributed by atoms with E-state index in [0.29, 0.717) is 44.9 Å². The number of ether oxygens (including phenoxy) is 1. The van der Waals surface area contributed by atoms with Crippen LogP contribution in [0.5, 0.6) is 5.75 Å². The molecule has 0 radical (unpaired) electrons. The SMILES string of the molecule is COc1cc(F)cc(-c2cncc3[nH]c(-c4n[nH]c5ccc(-c6cncc(NC(C)C)c6)nc45)nc23)c1. The summed E-state index contributed by atoms with van der Waals surface area (Å²) in [5.74, 6) is 0.538. The van der Waals surface area contributed by atoms with Crippen LogP contribution in [-0.4, -0.2) is 48.3 Å². The maximum Gasteiger partial charge on any atom is 0.161 e. The number of nitrogens with zero attached hydrogens (tertiary/aromatic N) is 5. The summed E-state index contributed by atoms with van der Waals surface area (Å²) in [7, 11) is 1.50. The van der Waals surface area contributed by atoms with Gasteiger partial charge in [-0.1, -0.05) is 0 Å². The molecule has 0 aliphatic heterocycles. The minimum absolute atomic E-state index is 0.286. The number of benzene rings is 1. The maximum atomic E-state index is 14.2. The number of pyridine rings is 3. The van der Waals surface area contributed by atoms with E-state index < -0.39 is 5.82 Å². The topological polar surface area (TPSA) is 117 Å². The minimum Gasteiger partial charge on any atom is -0.497 e. The number of hydrogen-bond acceptors (Lipinski definition) is 7. The quantitative estimate of drug-likeness (QED) is 0.276. The Balaban J connectivity index is 1.45. The first-order valence-corrected chi connectivity index (χ1v) is 11.7. The second-order valence-electron chi connectivity index (χ2n) is 8.97. The Bertz CT molecular complexity index is 1760. The van der Waals surface area contributed by atoms with Gasteiger partial charge in [0.05, 0.1) is 41.2 Å². The number of imidazole rings is 1. The third-order valence-electron chi connectivity index (χ3n) is 5.93. The van der Waals surface area contributed by atoms with Crippen molar-refractivity contribution in [3.8, 4) is 39.7 Å². The van der Waals surface area contributed by atoms with E-state index in [1.54, 1.807) is 30.9 Å². The average molecular weight is 495 g/mol. The number of H-pyrrole nitrogens is 2. The lowest BCUT2D eigenvalue weighted by Crippen LogP contribution is -2.09. The van der Waals surface area contributed by atoms with Gasteiger partial charge in [-0.25, -0.2) is 14.4 Å². The largest absolute Gasteiger partial charge is 0.497 e. The maximum absolute atomic E-state index is 14.2. The molecule has 0 aliphatic rings. The molecule has 0 saturated carbocycles. The van der Waals surface area contributed by atoms with E-state index in [4.69, 9.17) is 14.7 Å². The number of rotatable bonds is 6. The van der Waals surface area contributed by atoms with Gasteiger partial charge in [0.25, 0.3) is 0 Å². The molecule has 0 aliphatic carbocycles. The van der Waals surface area contributed by atoms with Crippen LogP contribution in [0.1, 0.15) is 13.8 Å². The number of hydrogen-bond donors (Lipinski definition) is 3. The zero-order valence-electron chi connectivity index (χ0n) is 20.4. The van der Waals surface area contributed by atoms with Gasteiger partial charge < -0.3 is 15.0 Å². The van der Waals surface area contributed by atoms with E-state index >= 15 is 0 Å². The standard InChI is InChI=1S/C27H23FN8O/c1-14(2)31-18-7-16(10-29-11-18)21-4-5-22-25(32-21)26(36-35-22)27-33-23-13-30-12-20(24(23)34-27)15-6-17(28)9-19(8-15)37-3/h4-14,31H,1-3H3,(H,33,34)(H,35,36). The number of fused-ring (bicyclic) bond motifs is 2. The molecule has 37 heavy (non-hydrogen) atoms. The molecule has 184 valence electrons. The first-order chi connectivity index (χ1) is 18.0. The molecule has 0 atom stereocenters. The highest BCUT2D eigenvalue weighted by Gasteiger charge is 2.18. The van der Waals surface area contributed by atoms with Crippen molar-refractivity contribution in [3.63, 3.8) is 0 Å². The van der Waals surface area contributed by atoms with Crippen LogP contribution in [0.2, 0.25) is 0 Å². The third-order valence-corrected chi connectivity index (χ3v) is 5.93. The van der Waals surface area contributed by atoms with Gasteiger partial charge in [0, 0.05) is 41.8 Å². The summed E-state index contributed by atoms with van der Waals surface area (Å²) in [6.45, 7) is 4.15. The van der Waals surface area contributed by atoms with E-state index in [2.05, 4.69) is 44.3 Å². The highest BCUT2D eigenvalue weighted by atomic mass is 19.1. The third kappa shape index (κ3) is 4.22. The minimum atomic E-state index is -0.403. The van der Waals surface area contributed by atoms with Crippen LogP contribution < -0.4 is 10.1 Å². The second kappa shape index (κ2) is 8.98. The van der Waals surface area contributed by atoms with Crippen LogP contribution in [0.15, 0.2) is 61.2 Å². The molecule has 1 aromatic carbocycles. The van der Waals surface area contributed by atoms with Gasteiger partial charge in [-0.3, -0.25) is 15.1 Å². The number of halogens is 1. The van der Waals surface area contributed by atoms with Crippen molar-refractivity contribution in [1.29, 1.82) is 0 Å². The number of aromatic nitrogens is 7. The highest BCUT2D eigenvalue weighted by molar-refractivity contribution is 5.96. The molecule has 0 amide bonds. The van der Waals surface area contributed by atoms with Crippen molar-refractivity contribution >= 4 is 27.8 Å². The molecule has 0 saturated heterocycles. The fourth-order valence-corrected chi connectivity index (χ4v) is 4.31. The zero-order valence-corrected chi connectivity index (χ0v) is 20.4. The molecule has 5 aromatic heterocycles. The predicted octanol–water partition coefficient (Wildman–Crippen LogP) is 5.59. The van der Waals surface area contributed by atoms with E-state index in [1.165, 1.54) is 19.2 Å². The van der Waals surface area contributed by atoms with Gasteiger partial charge in [-0.2, -0.15) is 5.10 Å². The van der Waals surface area contributed by atoms with Crippen molar-refractivity contribution in [2.75, 3.05) is 12.4 Å². The van der Waals surface area contributed by atoms with Crippen LogP contribution in [-0.2, 0) is 0 Å². The van der Waals surface area contributed by atoms with Gasteiger partial charge in [0.1, 0.15) is 17.1 Å². The van der Waals surface area contributed by atoms with E-state index in [9.17, 15) is 4.39 Å². The van der Waals surface area contributed by atoms with Crippen LogP contribution >= 0.6 is 0 Å². The van der Waals surface area contributed by atoms with E-state index in [-0.39, 0.29) is 6.04 Å². The van der Waals surface area contributed by atoms with Gasteiger partial charge in [-0.15, -0.1) is 0 Å². The first kappa shape index (κ1) is 22.6. The van der Waals surface area contributed by atoms with Crippen LogP contribution in [0.4, 0.5) is 10.1 Å². The Kier molecular flexibility index (Phi) is 5.48. The fourth-order valence-electron chi connectivity index (χ4n) is 4.31. The molecule has 0 spiro atoms. The van der Waals surface area contributed by atoms with Crippen molar-refractivity contribution in [2.24, 2.45) is 0 Å². The molecule has 5 heterocycles. The average Bonchev–Trinajstić information content (AvgIpc) is 3.51. The summed E-state index contributed by atoms with van der Waals surface area (Å²) >= 11 is 0. The Labute approximate surface area is 211 Å². The van der Waals surface area contributed by atoms with E-state index in [1.807, 2.05) is 18.2 Å². The molecule has 0 fully saturated rings. The number of methoxy groups -OCH3 is 1. The lowest BCUT2D eigenvalue weighted by Gasteiger charge is -2.10. The molecule has 0 unspecified atom stereocenters. The lowest BCUT2D eigenvalue weighted by molar-refractivity contribution is 0.411. The summed E-state index contributed by atoms with van der Waals surface area (Å²) in [4.78, 5) is 21.7. The Morgan fingerprint density at radius 2 is 1.76 bits per heavy atom. The molecule has 0 bridgehead atoms. The number of anilines is 1. The summed E-state index contributed by atoms with van der Waals surface area (Å²) in [5, 5.41) is 10.9. The Morgan fingerprint density at radius 1 is 0.892 bits per heavy atom. The predicted molar refractivity (Wildman–Crippen MR) is 141 cm³/mol. The Morgan fingerprint density at radius 3 is 2.59 bits per heavy atom. The normalized spacial score (nSPS) is 11.5. The van der Waals surface area contributed by atoms with Crippen molar-refractivity contribution in [3.05, 3.63) is 67.0 Å². The lowest BCUT2D eigenvalue weighted by atomic mass is 10.1. The van der Waals surface area contributed by atoms with Gasteiger partial charge in [-0.05, 0) is 49.7 Å². The number of nitrogens with one attached hydrogen (secondary N) is 3. The molecular weight excluding hydrogens is 471 g/mol. The van der Waals surface area contributed by atoms with Gasteiger partial charge in [0.2, 0.25) is 0 Å². The summed E-state index contributed by atoms with van der Waals surface area (Å²) in [5.41, 5.74) is 7.21. The van der Waals surface area contributed by atoms with Crippen molar-refractivity contribution in [1.82, 2.24) is 35.1 Å². The fraction of sp³-hybridized carbons (Fsp3) is 0.148.